The summed E-state index contributed by atoms with van der Waals surface area (Å²) in [5, 5.41) is 10.3. The Balaban J connectivity index is 1.49. The number of hydrogen-bond donors (Lipinski definition) is 1. The van der Waals surface area contributed by atoms with Gasteiger partial charge in [-0.25, -0.2) is 0 Å². The van der Waals surface area contributed by atoms with Crippen molar-refractivity contribution in [2.45, 2.75) is 88.3 Å². The number of aliphatic hydroxyl groups excluding tert-OH is 1. The quantitative estimate of drug-likeness (QED) is 0.869. The Kier molecular flexibility index (Phi) is 4.39. The number of aliphatic hydroxyl groups is 1. The van der Waals surface area contributed by atoms with Gasteiger partial charge in [0.1, 0.15) is 5.54 Å². The van der Waals surface area contributed by atoms with Gasteiger partial charge in [-0.2, -0.15) is 0 Å². The Morgan fingerprint density at radius 2 is 1.74 bits per heavy atom. The summed E-state index contributed by atoms with van der Waals surface area (Å²) in [7, 11) is 0. The lowest BCUT2D eigenvalue weighted by molar-refractivity contribution is -0.139. The molecule has 4 heteroatoms. The molecule has 4 aliphatic rings. The Hall–Kier alpha value is -0.610. The normalized spacial score (nSPS) is 37.5. The molecular formula is C19H32N2O2. The fourth-order valence-corrected chi connectivity index (χ4v) is 5.77. The summed E-state index contributed by atoms with van der Waals surface area (Å²) in [5.41, 5.74) is -0.362. The highest BCUT2D eigenvalue weighted by atomic mass is 16.3. The second kappa shape index (κ2) is 6.36. The predicted octanol–water partition coefficient (Wildman–Crippen LogP) is 2.55. The lowest BCUT2D eigenvalue weighted by atomic mass is 9.91. The molecule has 0 radical (unpaired) electrons. The Bertz CT molecular complexity index is 443. The molecule has 2 atom stereocenters. The third-order valence-corrected chi connectivity index (χ3v) is 7.00. The van der Waals surface area contributed by atoms with Gasteiger partial charge in [0, 0.05) is 32.1 Å². The summed E-state index contributed by atoms with van der Waals surface area (Å²) in [4.78, 5) is 17.9. The number of nitrogens with zero attached hydrogens (tertiary/aromatic N) is 2. The molecule has 2 aliphatic heterocycles. The van der Waals surface area contributed by atoms with Gasteiger partial charge in [-0.1, -0.05) is 32.1 Å². The van der Waals surface area contributed by atoms with E-state index in [-0.39, 0.29) is 11.6 Å². The van der Waals surface area contributed by atoms with E-state index in [1.54, 1.807) is 0 Å². The van der Waals surface area contributed by atoms with Gasteiger partial charge in [0.05, 0.1) is 6.10 Å². The highest BCUT2D eigenvalue weighted by molar-refractivity contribution is 5.89. The molecular weight excluding hydrogens is 288 g/mol. The molecule has 130 valence electrons. The summed E-state index contributed by atoms with van der Waals surface area (Å²) in [6, 6.07) is 0.474. The average Bonchev–Trinajstić information content (AvgIpc) is 3.24. The third-order valence-electron chi connectivity index (χ3n) is 7.00. The molecule has 2 saturated heterocycles. The van der Waals surface area contributed by atoms with Crippen LogP contribution in [-0.4, -0.2) is 58.1 Å². The minimum absolute atomic E-state index is 0.313. The molecule has 1 unspecified atom stereocenters. The largest absolute Gasteiger partial charge is 0.392 e. The van der Waals surface area contributed by atoms with Crippen LogP contribution in [-0.2, 0) is 4.79 Å². The second-order valence-electron chi connectivity index (χ2n) is 8.49. The zero-order chi connectivity index (χ0) is 15.9. The maximum atomic E-state index is 13.3. The van der Waals surface area contributed by atoms with E-state index in [9.17, 15) is 9.90 Å². The van der Waals surface area contributed by atoms with E-state index < -0.39 is 0 Å². The van der Waals surface area contributed by atoms with Crippen molar-refractivity contribution in [1.29, 1.82) is 0 Å². The number of carbonyl (C=O) groups excluding carboxylic acids is 1. The molecule has 4 rings (SSSR count). The van der Waals surface area contributed by atoms with Crippen molar-refractivity contribution in [3.05, 3.63) is 0 Å². The molecule has 0 aromatic carbocycles. The van der Waals surface area contributed by atoms with Gasteiger partial charge in [0.15, 0.2) is 0 Å². The van der Waals surface area contributed by atoms with Crippen LogP contribution in [0, 0.1) is 5.92 Å². The summed E-state index contributed by atoms with van der Waals surface area (Å²) < 4.78 is 0. The number of carbonyl (C=O) groups is 1. The molecule has 2 heterocycles. The Labute approximate surface area is 140 Å². The monoisotopic (exact) mass is 320 g/mol. The number of rotatable bonds is 3. The van der Waals surface area contributed by atoms with E-state index in [2.05, 4.69) is 9.80 Å². The van der Waals surface area contributed by atoms with Crippen LogP contribution in [0.2, 0.25) is 0 Å². The maximum Gasteiger partial charge on any atom is 0.243 e. The molecule has 4 nitrogen and oxygen atoms in total. The Morgan fingerprint density at radius 1 is 1.04 bits per heavy atom. The van der Waals surface area contributed by atoms with E-state index in [1.807, 2.05) is 0 Å². The van der Waals surface area contributed by atoms with Crippen molar-refractivity contribution in [1.82, 2.24) is 9.80 Å². The van der Waals surface area contributed by atoms with E-state index >= 15 is 0 Å². The molecule has 1 N–H and O–H groups in total. The van der Waals surface area contributed by atoms with Crippen LogP contribution in [0.3, 0.4) is 0 Å². The highest BCUT2D eigenvalue weighted by Gasteiger charge is 2.56. The van der Waals surface area contributed by atoms with Crippen molar-refractivity contribution in [2.24, 2.45) is 5.92 Å². The van der Waals surface area contributed by atoms with Gasteiger partial charge in [-0.3, -0.25) is 9.69 Å². The van der Waals surface area contributed by atoms with Crippen molar-refractivity contribution in [3.8, 4) is 0 Å². The number of amides is 1. The van der Waals surface area contributed by atoms with Gasteiger partial charge < -0.3 is 10.0 Å². The zero-order valence-electron chi connectivity index (χ0n) is 14.4. The first kappa shape index (κ1) is 15.9. The van der Waals surface area contributed by atoms with Crippen LogP contribution in [0.25, 0.3) is 0 Å². The van der Waals surface area contributed by atoms with E-state index in [1.165, 1.54) is 57.8 Å². The van der Waals surface area contributed by atoms with E-state index in [0.717, 1.165) is 25.4 Å². The van der Waals surface area contributed by atoms with Crippen molar-refractivity contribution in [2.75, 3.05) is 19.6 Å². The lowest BCUT2D eigenvalue weighted by Crippen LogP contribution is -2.53. The first-order valence-corrected chi connectivity index (χ1v) is 9.93. The maximum absolute atomic E-state index is 13.3. The summed E-state index contributed by atoms with van der Waals surface area (Å²) in [6.45, 7) is 2.65. The molecule has 23 heavy (non-hydrogen) atoms. The minimum atomic E-state index is -0.362. The molecule has 0 bridgehead atoms. The van der Waals surface area contributed by atoms with Crippen LogP contribution < -0.4 is 0 Å². The number of hydrogen-bond acceptors (Lipinski definition) is 3. The lowest BCUT2D eigenvalue weighted by Gasteiger charge is -2.37. The van der Waals surface area contributed by atoms with Crippen molar-refractivity contribution in [3.63, 3.8) is 0 Å². The molecule has 2 aliphatic carbocycles. The highest BCUT2D eigenvalue weighted by Crippen LogP contribution is 2.42. The van der Waals surface area contributed by atoms with Gasteiger partial charge in [0.25, 0.3) is 0 Å². The first-order valence-electron chi connectivity index (χ1n) is 9.93. The van der Waals surface area contributed by atoms with Crippen LogP contribution in [0.15, 0.2) is 0 Å². The van der Waals surface area contributed by atoms with Gasteiger partial charge >= 0.3 is 0 Å². The van der Waals surface area contributed by atoms with Gasteiger partial charge in [0.2, 0.25) is 5.91 Å². The van der Waals surface area contributed by atoms with Gasteiger partial charge in [-0.05, 0) is 38.0 Å². The SMILES string of the molecule is O=C1N(C2CCCCC2)CCC12C[C@@H](O)CN2CC1CCCC1. The second-order valence-corrected chi connectivity index (χ2v) is 8.49. The number of β-amino-alcohol motifs (C(OH)–C–C–N with tert-alkyl or cyclic N) is 1. The summed E-state index contributed by atoms with van der Waals surface area (Å²) in [5.74, 6) is 1.09. The molecule has 2 saturated carbocycles. The Morgan fingerprint density at radius 3 is 2.48 bits per heavy atom. The molecule has 1 amide bonds. The fourth-order valence-electron chi connectivity index (χ4n) is 5.77. The first-order chi connectivity index (χ1) is 11.2. The predicted molar refractivity (Wildman–Crippen MR) is 90.1 cm³/mol. The van der Waals surface area contributed by atoms with Crippen LogP contribution in [0.5, 0.6) is 0 Å². The van der Waals surface area contributed by atoms with E-state index in [4.69, 9.17) is 0 Å². The van der Waals surface area contributed by atoms with Crippen molar-refractivity contribution < 1.29 is 9.90 Å². The van der Waals surface area contributed by atoms with Crippen LogP contribution in [0.4, 0.5) is 0 Å². The number of likely N-dealkylation sites (tertiary alicyclic amines) is 2. The van der Waals surface area contributed by atoms with E-state index in [0.29, 0.717) is 24.9 Å². The van der Waals surface area contributed by atoms with Crippen LogP contribution in [0.1, 0.15) is 70.6 Å². The third kappa shape index (κ3) is 2.82. The summed E-state index contributed by atoms with van der Waals surface area (Å²) in [6.07, 6.45) is 12.8. The molecule has 0 aromatic rings. The topological polar surface area (TPSA) is 43.8 Å². The summed E-state index contributed by atoms with van der Waals surface area (Å²) >= 11 is 0. The smallest absolute Gasteiger partial charge is 0.243 e. The van der Waals surface area contributed by atoms with Gasteiger partial charge in [-0.15, -0.1) is 0 Å². The van der Waals surface area contributed by atoms with Crippen LogP contribution >= 0.6 is 0 Å². The minimum Gasteiger partial charge on any atom is -0.392 e. The average molecular weight is 320 g/mol. The van der Waals surface area contributed by atoms with Crippen molar-refractivity contribution >= 4 is 5.91 Å². The zero-order valence-corrected chi connectivity index (χ0v) is 14.4. The fraction of sp³-hybridized carbons (Fsp3) is 0.947. The standard InChI is InChI=1S/C19H32N2O2/c22-17-12-19(20(14-17)13-15-6-4-5-7-15)10-11-21(18(19)23)16-8-2-1-3-9-16/h15-17,22H,1-14H2/t17-,19?/m1/s1. The molecule has 1 spiro atoms. The molecule has 0 aromatic heterocycles. The molecule has 4 fully saturated rings.